The highest BCUT2D eigenvalue weighted by Gasteiger charge is 2.25. The van der Waals surface area contributed by atoms with Gasteiger partial charge in [0.15, 0.2) is 0 Å². The molecule has 0 spiro atoms. The molecule has 0 aromatic rings. The van der Waals surface area contributed by atoms with E-state index in [0.717, 1.165) is 19.4 Å². The zero-order valence-corrected chi connectivity index (χ0v) is 12.0. The second kappa shape index (κ2) is 8.65. The van der Waals surface area contributed by atoms with Crippen molar-refractivity contribution in [2.75, 3.05) is 26.9 Å². The van der Waals surface area contributed by atoms with Crippen LogP contribution in [-0.4, -0.2) is 32.7 Å². The van der Waals surface area contributed by atoms with Crippen molar-refractivity contribution in [1.29, 1.82) is 0 Å². The Hall–Kier alpha value is -0.410. The smallest absolute Gasteiger partial charge is 0.136 e. The van der Waals surface area contributed by atoms with Crippen molar-refractivity contribution in [3.05, 3.63) is 0 Å². The summed E-state index contributed by atoms with van der Waals surface area (Å²) in [6.45, 7) is 10.4. The normalized spacial score (nSPS) is 13.7. The third-order valence-corrected chi connectivity index (χ3v) is 3.18. The minimum Gasteiger partial charge on any atom is -0.382 e. The summed E-state index contributed by atoms with van der Waals surface area (Å²) in [4.78, 5) is 11.9. The van der Waals surface area contributed by atoms with Crippen LogP contribution in [0.4, 0.5) is 0 Å². The van der Waals surface area contributed by atoms with Crippen molar-refractivity contribution in [2.45, 2.75) is 47.0 Å². The molecule has 0 aliphatic rings. The van der Waals surface area contributed by atoms with E-state index < -0.39 is 0 Å². The predicted octanol–water partition coefficient (Wildman–Crippen LogP) is 3.07. The fraction of sp³-hybridized carbons (Fsp3) is 0.929. The summed E-state index contributed by atoms with van der Waals surface area (Å²) in [5, 5.41) is 0. The maximum Gasteiger partial charge on any atom is 0.136 e. The van der Waals surface area contributed by atoms with Crippen LogP contribution in [0.5, 0.6) is 0 Å². The first-order valence-corrected chi connectivity index (χ1v) is 6.49. The fourth-order valence-electron chi connectivity index (χ4n) is 1.45. The van der Waals surface area contributed by atoms with Crippen LogP contribution in [0.15, 0.2) is 0 Å². The Labute approximate surface area is 106 Å². The van der Waals surface area contributed by atoms with Gasteiger partial charge in [-0.2, -0.15) is 0 Å². The Morgan fingerprint density at radius 3 is 2.29 bits per heavy atom. The van der Waals surface area contributed by atoms with E-state index in [1.807, 2.05) is 6.92 Å². The van der Waals surface area contributed by atoms with Crippen molar-refractivity contribution < 1.29 is 14.3 Å². The lowest BCUT2D eigenvalue weighted by molar-refractivity contribution is -0.125. The van der Waals surface area contributed by atoms with E-state index >= 15 is 0 Å². The van der Waals surface area contributed by atoms with E-state index in [1.165, 1.54) is 0 Å². The molecule has 1 unspecified atom stereocenters. The number of ether oxygens (including phenoxy) is 2. The topological polar surface area (TPSA) is 35.5 Å². The minimum atomic E-state index is 0.0754. The van der Waals surface area contributed by atoms with Gasteiger partial charge in [-0.15, -0.1) is 0 Å². The summed E-state index contributed by atoms with van der Waals surface area (Å²) in [5.41, 5.74) is 0.0754. The number of methoxy groups -OCH3 is 1. The number of ketones is 1. The first-order chi connectivity index (χ1) is 7.89. The average Bonchev–Trinajstić information content (AvgIpc) is 2.25. The highest BCUT2D eigenvalue weighted by atomic mass is 16.5. The number of rotatable bonds is 9. The first kappa shape index (κ1) is 16.6. The van der Waals surface area contributed by atoms with E-state index in [1.54, 1.807) is 7.11 Å². The first-order valence-electron chi connectivity index (χ1n) is 6.49. The van der Waals surface area contributed by atoms with Gasteiger partial charge in [-0.05, 0) is 18.3 Å². The zero-order valence-electron chi connectivity index (χ0n) is 12.0. The molecule has 17 heavy (non-hydrogen) atoms. The lowest BCUT2D eigenvalue weighted by Gasteiger charge is -2.25. The highest BCUT2D eigenvalue weighted by Crippen LogP contribution is 2.27. The van der Waals surface area contributed by atoms with Crippen LogP contribution in [0.1, 0.15) is 47.0 Å². The third-order valence-electron chi connectivity index (χ3n) is 3.18. The monoisotopic (exact) mass is 244 g/mol. The van der Waals surface area contributed by atoms with Gasteiger partial charge in [-0.25, -0.2) is 0 Å². The summed E-state index contributed by atoms with van der Waals surface area (Å²) in [7, 11) is 1.66. The molecule has 0 amide bonds. The summed E-state index contributed by atoms with van der Waals surface area (Å²) in [5.74, 6) is 0.506. The van der Waals surface area contributed by atoms with Gasteiger partial charge in [0.25, 0.3) is 0 Å². The Bertz CT molecular complexity index is 206. The van der Waals surface area contributed by atoms with E-state index in [-0.39, 0.29) is 11.3 Å². The number of carbonyl (C=O) groups is 1. The molecule has 3 heteroatoms. The molecular formula is C14H28O3. The molecule has 0 radical (unpaired) electrons. The second-order valence-corrected chi connectivity index (χ2v) is 5.62. The van der Waals surface area contributed by atoms with Crippen LogP contribution in [0, 0.1) is 11.3 Å². The van der Waals surface area contributed by atoms with Gasteiger partial charge in [0.1, 0.15) is 5.78 Å². The fourth-order valence-corrected chi connectivity index (χ4v) is 1.45. The quantitative estimate of drug-likeness (QED) is 0.585. The van der Waals surface area contributed by atoms with Gasteiger partial charge in [-0.3, -0.25) is 4.79 Å². The molecule has 0 saturated heterocycles. The number of hydrogen-bond acceptors (Lipinski definition) is 3. The maximum atomic E-state index is 11.9. The van der Waals surface area contributed by atoms with Gasteiger partial charge in [0.2, 0.25) is 0 Å². The molecule has 0 rings (SSSR count). The molecule has 0 aliphatic carbocycles. The van der Waals surface area contributed by atoms with Gasteiger partial charge < -0.3 is 9.47 Å². The number of Topliss-reactive ketones (excluding diaryl/α,β-unsaturated/α-hetero) is 1. The van der Waals surface area contributed by atoms with Crippen LogP contribution >= 0.6 is 0 Å². The van der Waals surface area contributed by atoms with Crippen molar-refractivity contribution in [3.8, 4) is 0 Å². The van der Waals surface area contributed by atoms with Crippen molar-refractivity contribution in [3.63, 3.8) is 0 Å². The molecule has 0 aromatic carbocycles. The maximum absolute atomic E-state index is 11.9. The molecule has 0 saturated carbocycles. The summed E-state index contributed by atoms with van der Waals surface area (Å²) < 4.78 is 10.2. The molecule has 0 aromatic heterocycles. The van der Waals surface area contributed by atoms with Gasteiger partial charge in [-0.1, -0.05) is 27.7 Å². The number of unbranched alkanes of at least 4 members (excludes halogenated alkanes) is 1. The Balaban J connectivity index is 3.52. The molecule has 0 aliphatic heterocycles. The van der Waals surface area contributed by atoms with Crippen molar-refractivity contribution in [1.82, 2.24) is 0 Å². The molecular weight excluding hydrogens is 216 g/mol. The molecule has 0 N–H and O–H groups in total. The Kier molecular flexibility index (Phi) is 8.44. The summed E-state index contributed by atoms with van der Waals surface area (Å²) in [6, 6.07) is 0. The van der Waals surface area contributed by atoms with E-state index in [4.69, 9.17) is 9.47 Å². The third kappa shape index (κ3) is 8.33. The largest absolute Gasteiger partial charge is 0.382 e. The summed E-state index contributed by atoms with van der Waals surface area (Å²) >= 11 is 0. The lowest BCUT2D eigenvalue weighted by atomic mass is 9.78. The molecule has 0 heterocycles. The molecule has 1 atom stereocenters. The van der Waals surface area contributed by atoms with Crippen LogP contribution in [0.3, 0.4) is 0 Å². The zero-order chi connectivity index (χ0) is 13.3. The second-order valence-electron chi connectivity index (χ2n) is 5.62. The SMILES string of the molecule is COCCOCCCCC(=O)C(C)C(C)(C)C. The van der Waals surface area contributed by atoms with E-state index in [2.05, 4.69) is 20.8 Å². The Morgan fingerprint density at radius 1 is 1.12 bits per heavy atom. The molecule has 102 valence electrons. The standard InChI is InChI=1S/C14H28O3/c1-12(14(2,3)4)13(15)8-6-7-9-17-11-10-16-5/h12H,6-11H2,1-5H3. The highest BCUT2D eigenvalue weighted by molar-refractivity contribution is 5.81. The van der Waals surface area contributed by atoms with Crippen LogP contribution < -0.4 is 0 Å². The Morgan fingerprint density at radius 2 is 1.76 bits per heavy atom. The average molecular weight is 244 g/mol. The van der Waals surface area contributed by atoms with Gasteiger partial charge in [0, 0.05) is 26.1 Å². The predicted molar refractivity (Wildman–Crippen MR) is 70.2 cm³/mol. The van der Waals surface area contributed by atoms with Gasteiger partial charge >= 0.3 is 0 Å². The lowest BCUT2D eigenvalue weighted by Crippen LogP contribution is -2.25. The number of hydrogen-bond donors (Lipinski definition) is 0. The van der Waals surface area contributed by atoms with Gasteiger partial charge in [0.05, 0.1) is 13.2 Å². The molecule has 0 bridgehead atoms. The van der Waals surface area contributed by atoms with E-state index in [9.17, 15) is 4.79 Å². The van der Waals surface area contributed by atoms with Crippen molar-refractivity contribution in [2.24, 2.45) is 11.3 Å². The number of carbonyl (C=O) groups excluding carboxylic acids is 1. The van der Waals surface area contributed by atoms with Crippen molar-refractivity contribution >= 4 is 5.78 Å². The minimum absolute atomic E-state index is 0.0754. The summed E-state index contributed by atoms with van der Waals surface area (Å²) in [6.07, 6.45) is 2.55. The molecule has 0 fully saturated rings. The van der Waals surface area contributed by atoms with Crippen LogP contribution in [0.25, 0.3) is 0 Å². The van der Waals surface area contributed by atoms with Crippen LogP contribution in [0.2, 0.25) is 0 Å². The van der Waals surface area contributed by atoms with E-state index in [0.29, 0.717) is 25.4 Å². The molecule has 3 nitrogen and oxygen atoms in total. The van der Waals surface area contributed by atoms with Crippen LogP contribution in [-0.2, 0) is 14.3 Å².